The van der Waals surface area contributed by atoms with Crippen LogP contribution in [0.25, 0.3) is 0 Å². The van der Waals surface area contributed by atoms with Crippen molar-refractivity contribution in [1.82, 2.24) is 0 Å². The quantitative estimate of drug-likeness (QED) is 0.275. The van der Waals surface area contributed by atoms with E-state index in [1.807, 2.05) is 66.7 Å². The van der Waals surface area contributed by atoms with E-state index >= 15 is 0 Å². The fraction of sp³-hybridized carbons (Fsp3) is 0.212. The van der Waals surface area contributed by atoms with E-state index in [-0.39, 0.29) is 17.9 Å². The molecule has 1 aliphatic carbocycles. The summed E-state index contributed by atoms with van der Waals surface area (Å²) < 4.78 is 35.4. The zero-order valence-corrected chi connectivity index (χ0v) is 22.3. The average molecular weight is 535 g/mol. The van der Waals surface area contributed by atoms with Gasteiger partial charge in [0.05, 0.1) is 16.6 Å². The molecule has 3 unspecified atom stereocenters. The molecule has 3 aliphatic rings. The molecule has 4 aromatic carbocycles. The Hall–Kier alpha value is -4.03. The first-order valence-electron chi connectivity index (χ1n) is 13.5. The molecule has 196 valence electrons. The van der Waals surface area contributed by atoms with Gasteiger partial charge in [0.15, 0.2) is 0 Å². The minimum Gasteiger partial charge on any atom is -0.489 e. The number of hydrogen-bond donors (Lipinski definition) is 1. The largest absolute Gasteiger partial charge is 0.489 e. The number of hydrogen-bond acceptors (Lipinski definition) is 4. The highest BCUT2D eigenvalue weighted by Crippen LogP contribution is 2.51. The first-order chi connectivity index (χ1) is 19.1. The van der Waals surface area contributed by atoms with Crippen LogP contribution >= 0.6 is 0 Å². The second kappa shape index (κ2) is 9.62. The standard InChI is InChI=1S/C33H30N2O3S/c36-39(37,35-20-19-24-11-4-6-15-31(24)35)25-17-18-30-29(21-25)26-13-8-14-27(26)33(34-30)28-12-5-7-16-32(28)38-22-23-9-2-1-3-10-23/h1-13,15-18,21,26-27,33-34H,14,19-20,22H2. The molecule has 39 heavy (non-hydrogen) atoms. The van der Waals surface area contributed by atoms with Gasteiger partial charge in [-0.1, -0.05) is 78.9 Å². The summed E-state index contributed by atoms with van der Waals surface area (Å²) in [4.78, 5) is 0.351. The lowest BCUT2D eigenvalue weighted by atomic mass is 9.77. The number of allylic oxidation sites excluding steroid dienone is 2. The number of anilines is 2. The number of benzene rings is 4. The van der Waals surface area contributed by atoms with Gasteiger partial charge in [-0.3, -0.25) is 4.31 Å². The summed E-state index contributed by atoms with van der Waals surface area (Å²) in [7, 11) is -3.66. The monoisotopic (exact) mass is 534 g/mol. The first kappa shape index (κ1) is 24.0. The van der Waals surface area contributed by atoms with Crippen LogP contribution in [-0.2, 0) is 23.1 Å². The van der Waals surface area contributed by atoms with Crippen molar-refractivity contribution in [3.05, 3.63) is 131 Å². The Bertz CT molecular complexity index is 1670. The highest BCUT2D eigenvalue weighted by atomic mass is 32.2. The van der Waals surface area contributed by atoms with Gasteiger partial charge in [-0.25, -0.2) is 8.42 Å². The molecule has 5 nitrogen and oxygen atoms in total. The van der Waals surface area contributed by atoms with Gasteiger partial charge in [-0.2, -0.15) is 0 Å². The molecule has 2 aliphatic heterocycles. The molecule has 0 bridgehead atoms. The lowest BCUT2D eigenvalue weighted by molar-refractivity contribution is 0.296. The minimum absolute atomic E-state index is 0.0531. The number of fused-ring (bicyclic) bond motifs is 4. The first-order valence-corrected chi connectivity index (χ1v) is 15.0. The normalized spacial score (nSPS) is 21.1. The predicted molar refractivity (Wildman–Crippen MR) is 155 cm³/mol. The fourth-order valence-corrected chi connectivity index (χ4v) is 7.87. The van der Waals surface area contributed by atoms with Crippen molar-refractivity contribution in [2.45, 2.75) is 36.3 Å². The van der Waals surface area contributed by atoms with Gasteiger partial charge < -0.3 is 10.1 Å². The molecule has 0 aromatic heterocycles. The van der Waals surface area contributed by atoms with Gasteiger partial charge in [0, 0.05) is 23.7 Å². The fourth-order valence-electron chi connectivity index (χ4n) is 6.33. The van der Waals surface area contributed by atoms with Crippen molar-refractivity contribution in [3.63, 3.8) is 0 Å². The topological polar surface area (TPSA) is 58.6 Å². The lowest BCUT2D eigenvalue weighted by Crippen LogP contribution is -2.31. The Balaban J connectivity index is 1.20. The van der Waals surface area contributed by atoms with Gasteiger partial charge in [0.2, 0.25) is 0 Å². The maximum absolute atomic E-state index is 13.8. The van der Waals surface area contributed by atoms with Gasteiger partial charge in [-0.15, -0.1) is 0 Å². The maximum atomic E-state index is 13.8. The van der Waals surface area contributed by atoms with E-state index in [2.05, 4.69) is 41.7 Å². The van der Waals surface area contributed by atoms with Crippen LogP contribution in [-0.4, -0.2) is 15.0 Å². The molecular weight excluding hydrogens is 504 g/mol. The van der Waals surface area contributed by atoms with E-state index in [1.54, 1.807) is 10.4 Å². The minimum atomic E-state index is -3.66. The number of sulfonamides is 1. The van der Waals surface area contributed by atoms with E-state index in [1.165, 1.54) is 0 Å². The second-order valence-electron chi connectivity index (χ2n) is 10.5. The van der Waals surface area contributed by atoms with E-state index in [0.717, 1.165) is 52.2 Å². The molecule has 6 heteroatoms. The number of nitrogens with zero attached hydrogens (tertiary/aromatic N) is 1. The van der Waals surface area contributed by atoms with Crippen LogP contribution in [0.3, 0.4) is 0 Å². The lowest BCUT2D eigenvalue weighted by Gasteiger charge is -2.38. The summed E-state index contributed by atoms with van der Waals surface area (Å²) in [5.41, 5.74) is 6.15. The Labute approximate surface area is 229 Å². The number of nitrogens with one attached hydrogen (secondary N) is 1. The van der Waals surface area contributed by atoms with E-state index in [9.17, 15) is 8.42 Å². The smallest absolute Gasteiger partial charge is 0.264 e. The molecule has 7 rings (SSSR count). The van der Waals surface area contributed by atoms with Crippen LogP contribution in [0, 0.1) is 5.92 Å². The second-order valence-corrected chi connectivity index (χ2v) is 12.4. The molecule has 0 amide bonds. The van der Waals surface area contributed by atoms with Crippen molar-refractivity contribution >= 4 is 21.4 Å². The molecule has 0 saturated carbocycles. The van der Waals surface area contributed by atoms with Crippen molar-refractivity contribution in [2.75, 3.05) is 16.2 Å². The molecule has 0 fully saturated rings. The van der Waals surface area contributed by atoms with Crippen molar-refractivity contribution in [2.24, 2.45) is 5.92 Å². The van der Waals surface area contributed by atoms with Crippen molar-refractivity contribution in [3.8, 4) is 5.75 Å². The molecule has 0 saturated heterocycles. The molecule has 1 N–H and O–H groups in total. The molecule has 4 aromatic rings. The molecule has 0 spiro atoms. The van der Waals surface area contributed by atoms with E-state index < -0.39 is 10.0 Å². The number of ether oxygens (including phenoxy) is 1. The summed E-state index contributed by atoms with van der Waals surface area (Å²) in [6.45, 7) is 0.985. The third-order valence-electron chi connectivity index (χ3n) is 8.26. The Morgan fingerprint density at radius 2 is 1.67 bits per heavy atom. The molecular formula is C33H30N2O3S. The predicted octanol–water partition coefficient (Wildman–Crippen LogP) is 6.84. The zero-order chi connectivity index (χ0) is 26.4. The summed E-state index contributed by atoms with van der Waals surface area (Å²) in [5.74, 6) is 1.28. The Morgan fingerprint density at radius 3 is 2.56 bits per heavy atom. The van der Waals surface area contributed by atoms with Gasteiger partial charge in [0.25, 0.3) is 10.0 Å². The Kier molecular flexibility index (Phi) is 5.93. The van der Waals surface area contributed by atoms with Crippen molar-refractivity contribution in [1.29, 1.82) is 0 Å². The van der Waals surface area contributed by atoms with Gasteiger partial charge in [0.1, 0.15) is 12.4 Å². The van der Waals surface area contributed by atoms with Crippen LogP contribution < -0.4 is 14.4 Å². The van der Waals surface area contributed by atoms with Gasteiger partial charge >= 0.3 is 0 Å². The highest BCUT2D eigenvalue weighted by Gasteiger charge is 2.40. The van der Waals surface area contributed by atoms with Crippen LogP contribution in [0.4, 0.5) is 11.4 Å². The third kappa shape index (κ3) is 4.20. The summed E-state index contributed by atoms with van der Waals surface area (Å²) >= 11 is 0. The van der Waals surface area contributed by atoms with E-state index in [0.29, 0.717) is 18.0 Å². The van der Waals surface area contributed by atoms with Crippen LogP contribution in [0.2, 0.25) is 0 Å². The summed E-state index contributed by atoms with van der Waals surface area (Å²) in [5, 5.41) is 3.76. The number of para-hydroxylation sites is 2. The highest BCUT2D eigenvalue weighted by molar-refractivity contribution is 7.92. The number of rotatable bonds is 6. The SMILES string of the molecule is O=S(=O)(c1ccc2c(c1)C1C=CCC1C(c1ccccc1OCc1ccccc1)N2)N1CCc2ccccc21. The van der Waals surface area contributed by atoms with Crippen LogP contribution in [0.15, 0.2) is 114 Å². The van der Waals surface area contributed by atoms with Crippen molar-refractivity contribution < 1.29 is 13.2 Å². The third-order valence-corrected chi connectivity index (χ3v) is 10.1. The molecule has 2 heterocycles. The van der Waals surface area contributed by atoms with Crippen LogP contribution in [0.5, 0.6) is 5.75 Å². The average Bonchev–Trinajstić information content (AvgIpc) is 3.65. The van der Waals surface area contributed by atoms with E-state index in [4.69, 9.17) is 4.74 Å². The maximum Gasteiger partial charge on any atom is 0.264 e. The van der Waals surface area contributed by atoms with Gasteiger partial charge in [-0.05, 0) is 65.8 Å². The summed E-state index contributed by atoms with van der Waals surface area (Å²) in [6, 6.07) is 31.9. The zero-order valence-electron chi connectivity index (χ0n) is 21.5. The van der Waals surface area contributed by atoms with Crippen LogP contribution in [0.1, 0.15) is 40.6 Å². The molecule has 0 radical (unpaired) electrons. The molecule has 3 atom stereocenters. The Morgan fingerprint density at radius 1 is 0.872 bits per heavy atom. The summed E-state index contributed by atoms with van der Waals surface area (Å²) in [6.07, 6.45) is 6.13.